The largest absolute Gasteiger partial charge is 0.350 e. The lowest BCUT2D eigenvalue weighted by atomic mass is 10.1. The molecule has 0 saturated carbocycles. The van der Waals surface area contributed by atoms with E-state index < -0.39 is 10.0 Å². The second-order valence-corrected chi connectivity index (χ2v) is 7.59. The van der Waals surface area contributed by atoms with Crippen LogP contribution in [-0.2, 0) is 10.0 Å². The van der Waals surface area contributed by atoms with Gasteiger partial charge in [-0.3, -0.25) is 9.10 Å². The molecule has 0 aliphatic carbocycles. The molecule has 0 saturated heterocycles. The van der Waals surface area contributed by atoms with Gasteiger partial charge in [0.15, 0.2) is 0 Å². The molecule has 2 aromatic rings. The minimum absolute atomic E-state index is 0.0620. The van der Waals surface area contributed by atoms with Gasteiger partial charge in [0.2, 0.25) is 0 Å². The molecule has 24 heavy (non-hydrogen) atoms. The molecule has 0 heterocycles. The molecule has 128 valence electrons. The quantitative estimate of drug-likeness (QED) is 0.874. The number of carbonyl (C=O) groups excluding carboxylic acids is 1. The fourth-order valence-electron chi connectivity index (χ4n) is 2.14. The Labute approximate surface area is 143 Å². The van der Waals surface area contributed by atoms with E-state index in [-0.39, 0.29) is 16.8 Å². The van der Waals surface area contributed by atoms with Gasteiger partial charge in [-0.1, -0.05) is 31.2 Å². The highest BCUT2D eigenvalue weighted by Gasteiger charge is 2.21. The Hall–Kier alpha value is -2.34. The number of nitrogens with one attached hydrogen (secondary N) is 1. The average molecular weight is 346 g/mol. The molecule has 1 unspecified atom stereocenters. The Kier molecular flexibility index (Phi) is 5.62. The third-order valence-electron chi connectivity index (χ3n) is 3.86. The summed E-state index contributed by atoms with van der Waals surface area (Å²) in [5.41, 5.74) is 0.874. The number of rotatable bonds is 6. The van der Waals surface area contributed by atoms with Gasteiger partial charge in [0, 0.05) is 18.7 Å². The van der Waals surface area contributed by atoms with Crippen molar-refractivity contribution >= 4 is 21.6 Å². The minimum atomic E-state index is -3.66. The molecule has 6 heteroatoms. The van der Waals surface area contributed by atoms with Crippen LogP contribution in [-0.4, -0.2) is 27.4 Å². The van der Waals surface area contributed by atoms with E-state index in [1.54, 1.807) is 54.6 Å². The first kappa shape index (κ1) is 18.0. The molecule has 1 amide bonds. The third-order valence-corrected chi connectivity index (χ3v) is 5.66. The molecule has 0 bridgehead atoms. The van der Waals surface area contributed by atoms with Crippen LogP contribution in [0, 0.1) is 0 Å². The highest BCUT2D eigenvalue weighted by Crippen LogP contribution is 2.22. The minimum Gasteiger partial charge on any atom is -0.350 e. The van der Waals surface area contributed by atoms with Gasteiger partial charge in [0.05, 0.1) is 10.6 Å². The number of amides is 1. The van der Waals surface area contributed by atoms with E-state index in [4.69, 9.17) is 0 Å². The van der Waals surface area contributed by atoms with Gasteiger partial charge in [-0.05, 0) is 43.7 Å². The van der Waals surface area contributed by atoms with Crippen molar-refractivity contribution in [2.45, 2.75) is 31.2 Å². The van der Waals surface area contributed by atoms with Crippen LogP contribution in [0.15, 0.2) is 59.5 Å². The van der Waals surface area contributed by atoms with Gasteiger partial charge in [-0.2, -0.15) is 0 Å². The number of hydrogen-bond acceptors (Lipinski definition) is 3. The monoisotopic (exact) mass is 346 g/mol. The average Bonchev–Trinajstić information content (AvgIpc) is 2.61. The summed E-state index contributed by atoms with van der Waals surface area (Å²) in [6.45, 7) is 3.91. The van der Waals surface area contributed by atoms with Crippen LogP contribution in [0.25, 0.3) is 0 Å². The molecule has 2 rings (SSSR count). The van der Waals surface area contributed by atoms with E-state index in [1.165, 1.54) is 11.4 Å². The van der Waals surface area contributed by atoms with Crippen LogP contribution < -0.4 is 9.62 Å². The Morgan fingerprint density at radius 2 is 1.79 bits per heavy atom. The molecular formula is C18H22N2O3S. The molecule has 0 fully saturated rings. The van der Waals surface area contributed by atoms with Gasteiger partial charge >= 0.3 is 0 Å². The summed E-state index contributed by atoms with van der Waals surface area (Å²) in [5, 5.41) is 2.88. The molecular weight excluding hydrogens is 324 g/mol. The van der Waals surface area contributed by atoms with E-state index >= 15 is 0 Å². The standard InChI is InChI=1S/C18H22N2O3S/c1-4-14(2)19-18(21)15-9-8-10-16(13-15)20(3)24(22,23)17-11-6-5-7-12-17/h5-14H,4H2,1-3H3,(H,19,21). The van der Waals surface area contributed by atoms with Crippen molar-refractivity contribution in [3.63, 3.8) is 0 Å². The highest BCUT2D eigenvalue weighted by atomic mass is 32.2. The second-order valence-electron chi connectivity index (χ2n) is 5.62. The molecule has 2 aromatic carbocycles. The zero-order chi connectivity index (χ0) is 17.7. The molecule has 1 atom stereocenters. The fraction of sp³-hybridized carbons (Fsp3) is 0.278. The summed E-state index contributed by atoms with van der Waals surface area (Å²) in [5.74, 6) is -0.211. The summed E-state index contributed by atoms with van der Waals surface area (Å²) in [4.78, 5) is 12.4. The first-order chi connectivity index (χ1) is 11.4. The Morgan fingerprint density at radius 3 is 2.42 bits per heavy atom. The lowest BCUT2D eigenvalue weighted by Gasteiger charge is -2.20. The smallest absolute Gasteiger partial charge is 0.264 e. The number of benzene rings is 2. The number of sulfonamides is 1. The van der Waals surface area contributed by atoms with Crippen molar-refractivity contribution in [3.05, 3.63) is 60.2 Å². The second kappa shape index (κ2) is 7.49. The Bertz CT molecular complexity index is 804. The SMILES string of the molecule is CCC(C)NC(=O)c1cccc(N(C)S(=O)(=O)c2ccccc2)c1. The maximum Gasteiger partial charge on any atom is 0.264 e. The summed E-state index contributed by atoms with van der Waals surface area (Å²) in [6, 6.07) is 14.9. The van der Waals surface area contributed by atoms with Gasteiger partial charge < -0.3 is 5.32 Å². The number of hydrogen-bond donors (Lipinski definition) is 1. The zero-order valence-electron chi connectivity index (χ0n) is 14.1. The molecule has 0 radical (unpaired) electrons. The number of nitrogens with zero attached hydrogens (tertiary/aromatic N) is 1. The van der Waals surface area contributed by atoms with Crippen LogP contribution in [0.5, 0.6) is 0 Å². The molecule has 0 spiro atoms. The first-order valence-corrected chi connectivity index (χ1v) is 9.25. The highest BCUT2D eigenvalue weighted by molar-refractivity contribution is 7.92. The van der Waals surface area contributed by atoms with Crippen LogP contribution >= 0.6 is 0 Å². The molecule has 0 aliphatic rings. The van der Waals surface area contributed by atoms with Crippen molar-refractivity contribution in [2.75, 3.05) is 11.4 Å². The van der Waals surface area contributed by atoms with E-state index in [9.17, 15) is 13.2 Å². The predicted molar refractivity (Wildman–Crippen MR) is 95.7 cm³/mol. The van der Waals surface area contributed by atoms with Gasteiger partial charge in [-0.15, -0.1) is 0 Å². The fourth-order valence-corrected chi connectivity index (χ4v) is 3.35. The Balaban J connectivity index is 2.29. The van der Waals surface area contributed by atoms with Gasteiger partial charge in [-0.25, -0.2) is 8.42 Å². The van der Waals surface area contributed by atoms with E-state index in [2.05, 4.69) is 5.32 Å². The van der Waals surface area contributed by atoms with Crippen molar-refractivity contribution < 1.29 is 13.2 Å². The first-order valence-electron chi connectivity index (χ1n) is 7.81. The lowest BCUT2D eigenvalue weighted by molar-refractivity contribution is 0.0939. The molecule has 5 nitrogen and oxygen atoms in total. The summed E-state index contributed by atoms with van der Waals surface area (Å²) >= 11 is 0. The van der Waals surface area contributed by atoms with Crippen LogP contribution in [0.4, 0.5) is 5.69 Å². The molecule has 1 N–H and O–H groups in total. The third kappa shape index (κ3) is 3.94. The van der Waals surface area contributed by atoms with E-state index in [0.717, 1.165) is 6.42 Å². The van der Waals surface area contributed by atoms with Crippen molar-refractivity contribution in [2.24, 2.45) is 0 Å². The van der Waals surface area contributed by atoms with Crippen molar-refractivity contribution in [1.29, 1.82) is 0 Å². The number of carbonyl (C=O) groups is 1. The summed E-state index contributed by atoms with van der Waals surface area (Å²) in [6.07, 6.45) is 0.827. The maximum atomic E-state index is 12.7. The van der Waals surface area contributed by atoms with Crippen LogP contribution in [0.1, 0.15) is 30.6 Å². The topological polar surface area (TPSA) is 66.5 Å². The van der Waals surface area contributed by atoms with E-state index in [0.29, 0.717) is 11.3 Å². The van der Waals surface area contributed by atoms with Gasteiger partial charge in [0.25, 0.3) is 15.9 Å². The normalized spacial score (nSPS) is 12.5. The molecule has 0 aromatic heterocycles. The predicted octanol–water partition coefficient (Wildman–Crippen LogP) is 3.04. The number of anilines is 1. The van der Waals surface area contributed by atoms with Crippen LogP contribution in [0.2, 0.25) is 0 Å². The van der Waals surface area contributed by atoms with Gasteiger partial charge in [0.1, 0.15) is 0 Å². The van der Waals surface area contributed by atoms with Crippen LogP contribution in [0.3, 0.4) is 0 Å². The van der Waals surface area contributed by atoms with Crippen molar-refractivity contribution in [3.8, 4) is 0 Å². The lowest BCUT2D eigenvalue weighted by Crippen LogP contribution is -2.32. The van der Waals surface area contributed by atoms with E-state index in [1.807, 2.05) is 13.8 Å². The molecule has 0 aliphatic heterocycles. The Morgan fingerprint density at radius 1 is 1.12 bits per heavy atom. The maximum absolute atomic E-state index is 12.7. The summed E-state index contributed by atoms with van der Waals surface area (Å²) < 4.78 is 26.5. The summed E-state index contributed by atoms with van der Waals surface area (Å²) in [7, 11) is -2.18. The zero-order valence-corrected chi connectivity index (χ0v) is 14.9. The van der Waals surface area contributed by atoms with Crippen molar-refractivity contribution in [1.82, 2.24) is 5.32 Å².